The Kier molecular flexibility index (Phi) is 36.4. The summed E-state index contributed by atoms with van der Waals surface area (Å²) >= 11 is 1.27. The first kappa shape index (κ1) is 48.7. The predicted octanol–water partition coefficient (Wildman–Crippen LogP) is 11.8. The molecule has 50 heavy (non-hydrogen) atoms. The van der Waals surface area contributed by atoms with Gasteiger partial charge in [-0.1, -0.05) is 160 Å². The molecule has 0 fully saturated rings. The van der Waals surface area contributed by atoms with Crippen LogP contribution in [0.25, 0.3) is 0 Å². The molecule has 0 radical (unpaired) electrons. The Morgan fingerprint density at radius 2 is 1.12 bits per heavy atom. The lowest BCUT2D eigenvalue weighted by Gasteiger charge is -2.20. The molecule has 0 spiro atoms. The van der Waals surface area contributed by atoms with E-state index in [-0.39, 0.29) is 11.0 Å². The minimum absolute atomic E-state index is 0.161. The van der Waals surface area contributed by atoms with Gasteiger partial charge in [0.15, 0.2) is 5.12 Å². The van der Waals surface area contributed by atoms with Gasteiger partial charge in [0.2, 0.25) is 5.91 Å². The van der Waals surface area contributed by atoms with Crippen LogP contribution in [-0.2, 0) is 19.1 Å². The van der Waals surface area contributed by atoms with Gasteiger partial charge in [0.05, 0.1) is 6.61 Å². The monoisotopic (exact) mass is 723 g/mol. The van der Waals surface area contributed by atoms with E-state index in [0.717, 1.165) is 38.5 Å². The summed E-state index contributed by atoms with van der Waals surface area (Å²) in [4.78, 5) is 41.1. The summed E-state index contributed by atoms with van der Waals surface area (Å²) in [5, 5.41) is 3.09. The van der Waals surface area contributed by atoms with Crippen LogP contribution in [0.5, 0.6) is 0 Å². The zero-order valence-electron chi connectivity index (χ0n) is 33.7. The Morgan fingerprint density at radius 1 is 0.640 bits per heavy atom. The van der Waals surface area contributed by atoms with Crippen LogP contribution in [0.15, 0.2) is 12.2 Å². The summed E-state index contributed by atoms with van der Waals surface area (Å²) in [6, 6.07) is 0. The van der Waals surface area contributed by atoms with Crippen LogP contribution >= 0.6 is 11.8 Å². The summed E-state index contributed by atoms with van der Waals surface area (Å²) in [7, 11) is 3.92. The maximum Gasteiger partial charge on any atom is 0.318 e. The molecule has 0 aliphatic heterocycles. The summed E-state index contributed by atoms with van der Waals surface area (Å²) in [5.74, 6) is -0.770. The molecule has 294 valence electrons. The number of unbranched alkanes of at least 4 members (excludes halogenated alkanes) is 19. The number of carbonyl (C=O) groups is 3. The number of hydrogen-bond acceptors (Lipinski definition) is 6. The van der Waals surface area contributed by atoms with Crippen molar-refractivity contribution in [3.8, 4) is 0 Å². The number of carbonyl (C=O) groups excluding carboxylic acids is 3. The molecule has 0 heterocycles. The molecular weight excluding hydrogens is 641 g/mol. The average molecular weight is 723 g/mol. The first-order valence-electron chi connectivity index (χ1n) is 21.2. The molecule has 2 unspecified atom stereocenters. The zero-order chi connectivity index (χ0) is 36.9. The normalized spacial score (nSPS) is 12.8. The van der Waals surface area contributed by atoms with Crippen LogP contribution in [-0.4, -0.2) is 61.4 Å². The second-order valence-electron chi connectivity index (χ2n) is 14.9. The molecular formula is C43H82N2O4S. The van der Waals surface area contributed by atoms with E-state index in [2.05, 4.69) is 38.2 Å². The zero-order valence-corrected chi connectivity index (χ0v) is 34.5. The molecule has 1 amide bonds. The van der Waals surface area contributed by atoms with E-state index in [0.29, 0.717) is 44.2 Å². The molecule has 0 bridgehead atoms. The Balaban J connectivity index is 4.57. The highest BCUT2D eigenvalue weighted by Crippen LogP contribution is 2.22. The lowest BCUT2D eigenvalue weighted by Crippen LogP contribution is -2.40. The summed E-state index contributed by atoms with van der Waals surface area (Å²) in [6.45, 7) is 8.31. The van der Waals surface area contributed by atoms with Crippen LogP contribution in [0.1, 0.15) is 194 Å². The SMILES string of the molecule is CCCCCCCC/C=C\CCCCCCCC(=O)SCCC(C(=O)NCCN(C)C)C(=O)OCC(CCCCCC)CCCCCCCC. The number of ether oxygens (including phenoxy) is 1. The van der Waals surface area contributed by atoms with Crippen molar-refractivity contribution in [2.75, 3.05) is 39.5 Å². The predicted molar refractivity (Wildman–Crippen MR) is 218 cm³/mol. The number of likely N-dealkylation sites (N-methyl/N-ethyl adjacent to an activating group) is 1. The molecule has 1 N–H and O–H groups in total. The molecule has 0 rings (SSSR count). The Hall–Kier alpha value is -1.34. The second kappa shape index (κ2) is 37.4. The van der Waals surface area contributed by atoms with Crippen LogP contribution in [0.4, 0.5) is 0 Å². The number of nitrogens with zero attached hydrogens (tertiary/aromatic N) is 1. The molecule has 6 nitrogen and oxygen atoms in total. The third-order valence-electron chi connectivity index (χ3n) is 9.66. The molecule has 7 heteroatoms. The van der Waals surface area contributed by atoms with E-state index in [1.165, 1.54) is 134 Å². The molecule has 0 aliphatic carbocycles. The number of thioether (sulfide) groups is 1. The maximum absolute atomic E-state index is 13.3. The van der Waals surface area contributed by atoms with E-state index in [1.807, 2.05) is 19.0 Å². The van der Waals surface area contributed by atoms with Gasteiger partial charge in [0.25, 0.3) is 0 Å². The van der Waals surface area contributed by atoms with Crippen LogP contribution < -0.4 is 5.32 Å². The number of allylic oxidation sites excluding steroid dienone is 2. The van der Waals surface area contributed by atoms with Crippen LogP contribution in [0.3, 0.4) is 0 Å². The van der Waals surface area contributed by atoms with Crippen molar-refractivity contribution in [2.24, 2.45) is 11.8 Å². The fourth-order valence-electron chi connectivity index (χ4n) is 6.27. The number of nitrogens with one attached hydrogen (secondary N) is 1. The molecule has 0 saturated carbocycles. The maximum atomic E-state index is 13.3. The molecule has 0 saturated heterocycles. The van der Waals surface area contributed by atoms with Crippen molar-refractivity contribution < 1.29 is 19.1 Å². The van der Waals surface area contributed by atoms with E-state index in [9.17, 15) is 14.4 Å². The van der Waals surface area contributed by atoms with Crippen LogP contribution in [0, 0.1) is 11.8 Å². The van der Waals surface area contributed by atoms with Gasteiger partial charge >= 0.3 is 5.97 Å². The van der Waals surface area contributed by atoms with E-state index in [4.69, 9.17) is 4.74 Å². The first-order chi connectivity index (χ1) is 24.3. The van der Waals surface area contributed by atoms with Gasteiger partial charge in [0, 0.05) is 25.3 Å². The number of hydrogen-bond donors (Lipinski definition) is 1. The minimum atomic E-state index is -0.868. The van der Waals surface area contributed by atoms with Crippen molar-refractivity contribution >= 4 is 28.8 Å². The molecule has 0 aromatic rings. The van der Waals surface area contributed by atoms with Gasteiger partial charge in [-0.05, 0) is 71.4 Å². The van der Waals surface area contributed by atoms with E-state index < -0.39 is 11.9 Å². The first-order valence-corrected chi connectivity index (χ1v) is 22.2. The van der Waals surface area contributed by atoms with E-state index >= 15 is 0 Å². The van der Waals surface area contributed by atoms with Gasteiger partial charge < -0.3 is 15.0 Å². The molecule has 0 aliphatic rings. The minimum Gasteiger partial charge on any atom is -0.465 e. The lowest BCUT2D eigenvalue weighted by atomic mass is 9.95. The molecule has 2 atom stereocenters. The Bertz CT molecular complexity index is 819. The van der Waals surface area contributed by atoms with Gasteiger partial charge in [-0.15, -0.1) is 0 Å². The van der Waals surface area contributed by atoms with Gasteiger partial charge in [0.1, 0.15) is 5.92 Å². The summed E-state index contributed by atoms with van der Waals surface area (Å²) < 4.78 is 5.88. The van der Waals surface area contributed by atoms with Crippen LogP contribution in [0.2, 0.25) is 0 Å². The number of amides is 1. The standard InChI is InChI=1S/C43H82N2O4S/c1-6-9-12-15-17-18-19-20-21-22-23-24-25-27-30-33-41(46)50-37-34-40(42(47)44-35-36-45(4)5)43(48)49-38-39(31-28-14-11-8-3)32-29-26-16-13-10-7-2/h20-21,39-40H,6-19,22-38H2,1-5H3,(H,44,47)/b21-20-. The third-order valence-corrected chi connectivity index (χ3v) is 10.6. The van der Waals surface area contributed by atoms with Crippen molar-refractivity contribution in [1.82, 2.24) is 10.2 Å². The number of rotatable bonds is 37. The topological polar surface area (TPSA) is 75.7 Å². The third kappa shape index (κ3) is 32.6. The quantitative estimate of drug-likeness (QED) is 0.0298. The van der Waals surface area contributed by atoms with Crippen molar-refractivity contribution in [1.29, 1.82) is 0 Å². The highest BCUT2D eigenvalue weighted by molar-refractivity contribution is 8.13. The smallest absolute Gasteiger partial charge is 0.318 e. The van der Waals surface area contributed by atoms with Crippen molar-refractivity contribution in [2.45, 2.75) is 194 Å². The second-order valence-corrected chi connectivity index (χ2v) is 16.0. The van der Waals surface area contributed by atoms with Gasteiger partial charge in [-0.25, -0.2) is 0 Å². The Labute approximate surface area is 314 Å². The summed E-state index contributed by atoms with van der Waals surface area (Å²) in [6.07, 6.45) is 36.2. The highest BCUT2D eigenvalue weighted by atomic mass is 32.2. The number of esters is 1. The van der Waals surface area contributed by atoms with E-state index in [1.54, 1.807) is 0 Å². The highest BCUT2D eigenvalue weighted by Gasteiger charge is 2.29. The fourth-order valence-corrected chi connectivity index (χ4v) is 7.14. The molecule has 0 aromatic heterocycles. The molecule has 0 aromatic carbocycles. The Morgan fingerprint density at radius 3 is 1.66 bits per heavy atom. The largest absolute Gasteiger partial charge is 0.465 e. The fraction of sp³-hybridized carbons (Fsp3) is 0.884. The van der Waals surface area contributed by atoms with Gasteiger partial charge in [-0.2, -0.15) is 0 Å². The van der Waals surface area contributed by atoms with Crippen molar-refractivity contribution in [3.05, 3.63) is 12.2 Å². The average Bonchev–Trinajstić information content (AvgIpc) is 3.09. The lowest BCUT2D eigenvalue weighted by molar-refractivity contribution is -0.154. The summed E-state index contributed by atoms with van der Waals surface area (Å²) in [5.41, 5.74) is 0. The van der Waals surface area contributed by atoms with Crippen molar-refractivity contribution in [3.63, 3.8) is 0 Å². The van der Waals surface area contributed by atoms with Gasteiger partial charge in [-0.3, -0.25) is 14.4 Å².